The zero-order chi connectivity index (χ0) is 23.8. The van der Waals surface area contributed by atoms with Gasteiger partial charge in [-0.1, -0.05) is 66.4 Å². The van der Waals surface area contributed by atoms with Crippen molar-refractivity contribution in [2.45, 2.75) is 32.9 Å². The molecule has 0 atom stereocenters. The highest BCUT2D eigenvalue weighted by atomic mass is 79.9. The predicted octanol–water partition coefficient (Wildman–Crippen LogP) is 7.19. The highest BCUT2D eigenvalue weighted by molar-refractivity contribution is 9.10. The molecule has 4 nitrogen and oxygen atoms in total. The number of hydrogen-bond donors (Lipinski definition) is 0. The quantitative estimate of drug-likeness (QED) is 0.252. The van der Waals surface area contributed by atoms with Crippen LogP contribution in [0.15, 0.2) is 64.0 Å². The van der Waals surface area contributed by atoms with Crippen molar-refractivity contribution in [1.29, 1.82) is 0 Å². The predicted molar refractivity (Wildman–Crippen MR) is 144 cm³/mol. The minimum atomic E-state index is -0.367. The number of carbonyl (C=O) groups excluding carboxylic acids is 1. The van der Waals surface area contributed by atoms with E-state index in [1.165, 1.54) is 17.1 Å². The Kier molecular flexibility index (Phi) is 6.84. The summed E-state index contributed by atoms with van der Waals surface area (Å²) >= 11 is 10.4. The van der Waals surface area contributed by atoms with E-state index in [1.807, 2.05) is 57.2 Å². The van der Waals surface area contributed by atoms with Crippen molar-refractivity contribution in [2.24, 2.45) is 0 Å². The van der Waals surface area contributed by atoms with Crippen LogP contribution in [0.1, 0.15) is 31.9 Å². The molecule has 1 amide bonds. The third-order valence-corrected chi connectivity index (χ3v) is 7.16. The zero-order valence-corrected chi connectivity index (χ0v) is 22.1. The monoisotopic (exact) mass is 541 g/mol. The van der Waals surface area contributed by atoms with Gasteiger partial charge in [0.1, 0.15) is 10.9 Å². The van der Waals surface area contributed by atoms with Gasteiger partial charge in [-0.25, -0.2) is 0 Å². The molecule has 0 bridgehead atoms. The van der Waals surface area contributed by atoms with E-state index in [-0.39, 0.29) is 11.4 Å². The van der Waals surface area contributed by atoms with Gasteiger partial charge in [-0.05, 0) is 76.8 Å². The minimum Gasteiger partial charge on any atom is -0.493 e. The van der Waals surface area contributed by atoms with E-state index in [2.05, 4.69) is 40.2 Å². The molecule has 1 fully saturated rings. The lowest BCUT2D eigenvalue weighted by Gasteiger charge is -2.30. The molecule has 0 radical (unpaired) electrons. The fourth-order valence-electron chi connectivity index (χ4n) is 3.73. The molecule has 1 aliphatic rings. The Hall–Kier alpha value is -2.35. The molecular formula is C26H24BrNO3S2. The van der Waals surface area contributed by atoms with Gasteiger partial charge in [0, 0.05) is 5.54 Å². The highest BCUT2D eigenvalue weighted by Gasteiger charge is 2.39. The van der Waals surface area contributed by atoms with Crippen LogP contribution in [0.2, 0.25) is 0 Å². The molecule has 7 heteroatoms. The SMILES string of the molecule is COc1cc(/C=C2/SC(=S)N(C(C)(C)C)C2=O)cc(Br)c1OCc1cccc2ccccc12. The summed E-state index contributed by atoms with van der Waals surface area (Å²) < 4.78 is 13.1. The van der Waals surface area contributed by atoms with E-state index in [4.69, 9.17) is 21.7 Å². The summed E-state index contributed by atoms with van der Waals surface area (Å²) in [6.07, 6.45) is 1.84. The van der Waals surface area contributed by atoms with E-state index in [0.717, 1.165) is 21.0 Å². The van der Waals surface area contributed by atoms with Gasteiger partial charge in [-0.3, -0.25) is 9.69 Å². The molecule has 1 aliphatic heterocycles. The standard InChI is InChI=1S/C26H24BrNO3S2/c1-26(2,3)28-24(29)22(33-25(28)32)14-16-12-20(27)23(21(13-16)30-4)31-15-18-10-7-9-17-8-5-6-11-19(17)18/h5-14H,15H2,1-4H3/b22-14+. The first-order valence-corrected chi connectivity index (χ1v) is 12.5. The minimum absolute atomic E-state index is 0.0797. The first-order valence-electron chi connectivity index (χ1n) is 10.4. The zero-order valence-electron chi connectivity index (χ0n) is 18.8. The molecule has 0 saturated carbocycles. The number of nitrogens with zero attached hydrogens (tertiary/aromatic N) is 1. The summed E-state index contributed by atoms with van der Waals surface area (Å²) in [6.45, 7) is 6.33. The van der Waals surface area contributed by atoms with E-state index in [1.54, 1.807) is 12.0 Å². The number of ether oxygens (including phenoxy) is 2. The first-order chi connectivity index (χ1) is 15.7. The number of rotatable bonds is 5. The van der Waals surface area contributed by atoms with Crippen LogP contribution in [0.3, 0.4) is 0 Å². The summed E-state index contributed by atoms with van der Waals surface area (Å²) in [5.74, 6) is 1.12. The fraction of sp³-hybridized carbons (Fsp3) is 0.231. The Morgan fingerprint density at radius 1 is 1.12 bits per heavy atom. The number of methoxy groups -OCH3 is 1. The Bertz CT molecular complexity index is 1280. The van der Waals surface area contributed by atoms with Crippen molar-refractivity contribution >= 4 is 67.0 Å². The number of benzene rings is 3. The second kappa shape index (κ2) is 9.49. The van der Waals surface area contributed by atoms with E-state index in [9.17, 15) is 4.79 Å². The molecule has 0 N–H and O–H groups in total. The molecular weight excluding hydrogens is 518 g/mol. The molecule has 4 rings (SSSR count). The maximum Gasteiger partial charge on any atom is 0.266 e. The normalized spacial score (nSPS) is 15.5. The van der Waals surface area contributed by atoms with Crippen LogP contribution in [-0.4, -0.2) is 27.8 Å². The van der Waals surface area contributed by atoms with E-state index < -0.39 is 0 Å². The van der Waals surface area contributed by atoms with Crippen molar-refractivity contribution in [2.75, 3.05) is 7.11 Å². The molecule has 3 aromatic carbocycles. The Morgan fingerprint density at radius 2 is 1.85 bits per heavy atom. The molecule has 0 aliphatic carbocycles. The van der Waals surface area contributed by atoms with Crippen molar-refractivity contribution < 1.29 is 14.3 Å². The van der Waals surface area contributed by atoms with Gasteiger partial charge in [0.15, 0.2) is 11.5 Å². The average molecular weight is 543 g/mol. The van der Waals surface area contributed by atoms with Gasteiger partial charge >= 0.3 is 0 Å². The van der Waals surface area contributed by atoms with Crippen LogP contribution in [-0.2, 0) is 11.4 Å². The summed E-state index contributed by atoms with van der Waals surface area (Å²) in [4.78, 5) is 15.2. The van der Waals surface area contributed by atoms with E-state index >= 15 is 0 Å². The van der Waals surface area contributed by atoms with Crippen LogP contribution >= 0.6 is 39.9 Å². The van der Waals surface area contributed by atoms with Crippen molar-refractivity contribution in [1.82, 2.24) is 4.90 Å². The third-order valence-electron chi connectivity index (χ3n) is 5.27. The van der Waals surface area contributed by atoms with Gasteiger partial charge in [-0.2, -0.15) is 0 Å². The topological polar surface area (TPSA) is 38.8 Å². The summed E-state index contributed by atoms with van der Waals surface area (Å²) in [5.41, 5.74) is 1.55. The molecule has 0 aromatic heterocycles. The van der Waals surface area contributed by atoms with Crippen molar-refractivity contribution in [3.05, 3.63) is 75.1 Å². The third kappa shape index (κ3) is 4.95. The lowest BCUT2D eigenvalue weighted by molar-refractivity contribution is -0.125. The number of halogens is 1. The number of thioether (sulfide) groups is 1. The number of carbonyl (C=O) groups is 1. The van der Waals surface area contributed by atoms with Crippen molar-refractivity contribution in [3.8, 4) is 11.5 Å². The number of hydrogen-bond acceptors (Lipinski definition) is 5. The number of amides is 1. The molecule has 0 spiro atoms. The lowest BCUT2D eigenvalue weighted by Crippen LogP contribution is -2.44. The summed E-state index contributed by atoms with van der Waals surface area (Å²) in [6, 6.07) is 18.2. The maximum absolute atomic E-state index is 12.9. The Labute approximate surface area is 212 Å². The van der Waals surface area contributed by atoms with Gasteiger partial charge in [-0.15, -0.1) is 0 Å². The van der Waals surface area contributed by atoms with Crippen LogP contribution in [0.4, 0.5) is 0 Å². The van der Waals surface area contributed by atoms with E-state index in [0.29, 0.717) is 27.3 Å². The highest BCUT2D eigenvalue weighted by Crippen LogP contribution is 2.41. The molecule has 33 heavy (non-hydrogen) atoms. The van der Waals surface area contributed by atoms with Gasteiger partial charge in [0.2, 0.25) is 0 Å². The smallest absolute Gasteiger partial charge is 0.266 e. The van der Waals surface area contributed by atoms with Gasteiger partial charge in [0.05, 0.1) is 16.5 Å². The second-order valence-electron chi connectivity index (χ2n) is 8.65. The van der Waals surface area contributed by atoms with Gasteiger partial charge < -0.3 is 9.47 Å². The molecule has 3 aromatic rings. The average Bonchev–Trinajstić information content (AvgIpc) is 3.05. The van der Waals surface area contributed by atoms with Crippen LogP contribution in [0.5, 0.6) is 11.5 Å². The van der Waals surface area contributed by atoms with Crippen LogP contribution in [0, 0.1) is 0 Å². The lowest BCUT2D eigenvalue weighted by atomic mass is 10.1. The van der Waals surface area contributed by atoms with Crippen LogP contribution in [0.25, 0.3) is 16.8 Å². The first kappa shape index (κ1) is 23.8. The molecule has 0 unspecified atom stereocenters. The number of thiocarbonyl (C=S) groups is 1. The summed E-state index contributed by atoms with van der Waals surface area (Å²) in [5, 5.41) is 2.33. The maximum atomic E-state index is 12.9. The largest absolute Gasteiger partial charge is 0.493 e. The number of fused-ring (bicyclic) bond motifs is 1. The Balaban J connectivity index is 1.61. The second-order valence-corrected chi connectivity index (χ2v) is 11.2. The Morgan fingerprint density at radius 3 is 2.55 bits per heavy atom. The molecule has 1 saturated heterocycles. The molecule has 1 heterocycles. The van der Waals surface area contributed by atoms with Gasteiger partial charge in [0.25, 0.3) is 5.91 Å². The summed E-state index contributed by atoms with van der Waals surface area (Å²) in [7, 11) is 1.61. The van der Waals surface area contributed by atoms with Crippen LogP contribution < -0.4 is 9.47 Å². The fourth-order valence-corrected chi connectivity index (χ4v) is 5.94. The van der Waals surface area contributed by atoms with Crippen molar-refractivity contribution in [3.63, 3.8) is 0 Å². The molecule has 170 valence electrons.